The topological polar surface area (TPSA) is 52.9 Å². The maximum absolute atomic E-state index is 2.53. The molecule has 12 heteroatoms. The van der Waals surface area contributed by atoms with Gasteiger partial charge in [0, 0.05) is 33.4 Å². The molecule has 90 heavy (non-hydrogen) atoms. The van der Waals surface area contributed by atoms with Crippen LogP contribution in [-0.4, -0.2) is 27.4 Å². The van der Waals surface area contributed by atoms with E-state index < -0.39 is 0 Å². The fourth-order valence-corrected chi connectivity index (χ4v) is 13.8. The fourth-order valence-electron chi connectivity index (χ4n) is 13.8. The predicted molar refractivity (Wildman–Crippen MR) is 369 cm³/mol. The summed E-state index contributed by atoms with van der Waals surface area (Å²) in [7, 11) is 0. The van der Waals surface area contributed by atoms with Crippen molar-refractivity contribution in [3.63, 3.8) is 0 Å². The maximum atomic E-state index is 2.53. The molecular weight excluding hydrogens is 1100 g/mol. The number of imidazole rings is 6. The smallest absolute Gasteiger partial charge is 0.237 e. The highest BCUT2D eigenvalue weighted by Gasteiger charge is 2.31. The van der Waals surface area contributed by atoms with Gasteiger partial charge in [0.05, 0.1) is 39.3 Å². The van der Waals surface area contributed by atoms with E-state index in [2.05, 4.69) is 209 Å². The van der Waals surface area contributed by atoms with Gasteiger partial charge in [0.1, 0.15) is 114 Å². The average molecular weight is 1240 g/mol. The standard InChI is InChI=1S/C78H132N12/c1-7-13-19-25-31-37-43-79-49-55-85(67-79)61-73-74(62-86-56-50-80(68-86)44-38-32-26-20-14-8-2)76(64-88-58-52-82(70-88)46-40-34-28-22-16-10-4)78(66-90-60-54-84(72-90)48-42-36-30-24-18-12-6)77(65-89-59-53-83(71-89)47-41-35-29-23-17-11-5)75(73)63-87-57-51-81(69-87)45-39-33-27-21-15-9-3/h49-60,67-72H,7-48,61-66H2,1-6H3/q+6. The van der Waals surface area contributed by atoms with E-state index in [0.29, 0.717) is 0 Å². The first-order valence-electron chi connectivity index (χ1n) is 37.9. The molecule has 0 radical (unpaired) electrons. The lowest BCUT2D eigenvalue weighted by Gasteiger charge is -2.24. The van der Waals surface area contributed by atoms with Gasteiger partial charge in [-0.3, -0.25) is 0 Å². The molecule has 0 unspecified atom stereocenters. The zero-order valence-electron chi connectivity index (χ0n) is 58.7. The molecule has 0 bridgehead atoms. The van der Waals surface area contributed by atoms with Crippen molar-refractivity contribution in [2.75, 3.05) is 0 Å². The number of nitrogens with zero attached hydrogens (tertiary/aromatic N) is 12. The Labute approximate surface area is 549 Å². The Kier molecular flexibility index (Phi) is 34.6. The van der Waals surface area contributed by atoms with E-state index >= 15 is 0 Å². The third-order valence-electron chi connectivity index (χ3n) is 19.3. The van der Waals surface area contributed by atoms with Gasteiger partial charge in [-0.15, -0.1) is 0 Å². The summed E-state index contributed by atoms with van der Waals surface area (Å²) in [4.78, 5) is 0. The van der Waals surface area contributed by atoms with Gasteiger partial charge in [-0.05, 0) is 77.0 Å². The number of benzene rings is 1. The van der Waals surface area contributed by atoms with Crippen LogP contribution in [0.4, 0.5) is 0 Å². The maximum Gasteiger partial charge on any atom is 0.244 e. The Balaban J connectivity index is 1.40. The third-order valence-corrected chi connectivity index (χ3v) is 19.3. The number of unbranched alkanes of at least 4 members (excludes halogenated alkanes) is 30. The van der Waals surface area contributed by atoms with Crippen LogP contribution in [0, 0.1) is 0 Å². The molecule has 12 nitrogen and oxygen atoms in total. The van der Waals surface area contributed by atoms with E-state index in [9.17, 15) is 0 Å². The normalized spacial score (nSPS) is 11.8. The van der Waals surface area contributed by atoms with Gasteiger partial charge in [-0.25, -0.2) is 54.8 Å². The summed E-state index contributed by atoms with van der Waals surface area (Å²) in [6.45, 7) is 25.1. The number of hydrogen-bond donors (Lipinski definition) is 0. The third kappa shape index (κ3) is 26.2. The van der Waals surface area contributed by atoms with Crippen molar-refractivity contribution in [3.05, 3.63) is 146 Å². The summed E-state index contributed by atoms with van der Waals surface area (Å²) < 4.78 is 30.0. The Morgan fingerprint density at radius 2 is 0.322 bits per heavy atom. The molecule has 7 rings (SSSR count). The lowest BCUT2D eigenvalue weighted by Crippen LogP contribution is -2.44. The van der Waals surface area contributed by atoms with E-state index in [1.807, 2.05) is 0 Å². The van der Waals surface area contributed by atoms with Gasteiger partial charge in [0.2, 0.25) is 38.0 Å². The Morgan fingerprint density at radius 3 is 0.467 bits per heavy atom. The minimum atomic E-state index is 0.807. The van der Waals surface area contributed by atoms with Crippen molar-refractivity contribution in [1.29, 1.82) is 0 Å². The molecule has 0 saturated carbocycles. The number of hydrogen-bond acceptors (Lipinski definition) is 0. The van der Waals surface area contributed by atoms with Crippen molar-refractivity contribution in [2.24, 2.45) is 0 Å². The van der Waals surface area contributed by atoms with E-state index in [-0.39, 0.29) is 0 Å². The highest BCUT2D eigenvalue weighted by Crippen LogP contribution is 2.31. The Bertz CT molecular complexity index is 2410. The predicted octanol–water partition coefficient (Wildman–Crippen LogP) is 16.7. The van der Waals surface area contributed by atoms with Crippen LogP contribution in [0.3, 0.4) is 0 Å². The van der Waals surface area contributed by atoms with E-state index in [1.54, 1.807) is 0 Å². The number of rotatable bonds is 54. The zero-order chi connectivity index (χ0) is 63.1. The largest absolute Gasteiger partial charge is 0.244 e. The van der Waals surface area contributed by atoms with Crippen LogP contribution in [-0.2, 0) is 78.5 Å². The van der Waals surface area contributed by atoms with Crippen molar-refractivity contribution < 1.29 is 27.4 Å². The number of aryl methyl sites for hydroxylation is 6. The molecule has 0 amide bonds. The van der Waals surface area contributed by atoms with Gasteiger partial charge in [-0.2, -0.15) is 0 Å². The molecule has 0 saturated heterocycles. The first-order valence-corrected chi connectivity index (χ1v) is 37.9. The molecule has 6 heterocycles. The van der Waals surface area contributed by atoms with Gasteiger partial charge < -0.3 is 0 Å². The molecule has 1 aromatic carbocycles. The molecule has 0 aliphatic heterocycles. The molecule has 498 valence electrons. The lowest BCUT2D eigenvalue weighted by molar-refractivity contribution is -0.700. The van der Waals surface area contributed by atoms with Crippen molar-refractivity contribution >= 4 is 0 Å². The zero-order valence-corrected chi connectivity index (χ0v) is 58.7. The molecule has 0 atom stereocenters. The molecule has 0 N–H and O–H groups in total. The second kappa shape index (κ2) is 43.3. The summed E-state index contributed by atoms with van der Waals surface area (Å²) in [6, 6.07) is 0. The SMILES string of the molecule is CCCCCCCCn1cc[n+](Cc2c(C[n+]3ccn(CCCCCCCC)c3)c(C[n+]3ccn(CCCCCCCC)c3)c(C[n+]3ccn(CCCCCCCC)c3)c(C[n+]3ccn(CCCCCCCC)c3)c2C[n+]2ccn(CCCCCCCC)c2)c1. The van der Waals surface area contributed by atoms with Gasteiger partial charge >= 0.3 is 0 Å². The van der Waals surface area contributed by atoms with Crippen LogP contribution in [0.15, 0.2) is 112 Å². The van der Waals surface area contributed by atoms with Gasteiger partial charge in [-0.1, -0.05) is 196 Å². The first kappa shape index (κ1) is 71.9. The van der Waals surface area contributed by atoms with Crippen LogP contribution in [0.5, 0.6) is 0 Å². The molecule has 0 aliphatic rings. The molecule has 0 aliphatic carbocycles. The number of aromatic nitrogens is 12. The van der Waals surface area contributed by atoms with Crippen LogP contribution >= 0.6 is 0 Å². The van der Waals surface area contributed by atoms with Crippen molar-refractivity contribution in [3.8, 4) is 0 Å². The Morgan fingerprint density at radius 1 is 0.189 bits per heavy atom. The Hall–Kier alpha value is -5.52. The summed E-state index contributed by atoms with van der Waals surface area (Å²) in [5.74, 6) is 0. The quantitative estimate of drug-likeness (QED) is 0.0270. The minimum Gasteiger partial charge on any atom is -0.237 e. The second-order valence-corrected chi connectivity index (χ2v) is 27.4. The van der Waals surface area contributed by atoms with Gasteiger partial charge in [0.25, 0.3) is 0 Å². The molecule has 7 aromatic rings. The van der Waals surface area contributed by atoms with E-state index in [1.165, 1.54) is 265 Å². The summed E-state index contributed by atoms with van der Waals surface area (Å²) in [5, 5.41) is 0. The van der Waals surface area contributed by atoms with Crippen molar-refractivity contribution in [1.82, 2.24) is 27.4 Å². The summed E-state index contributed by atoms with van der Waals surface area (Å²) in [5.41, 5.74) is 8.85. The second-order valence-electron chi connectivity index (χ2n) is 27.4. The molecule has 0 spiro atoms. The first-order chi connectivity index (χ1) is 44.4. The van der Waals surface area contributed by atoms with Crippen LogP contribution in [0.1, 0.15) is 306 Å². The van der Waals surface area contributed by atoms with Crippen molar-refractivity contribution in [2.45, 2.75) is 351 Å². The monoisotopic (exact) mass is 1240 g/mol. The van der Waals surface area contributed by atoms with E-state index in [0.717, 1.165) is 78.5 Å². The fraction of sp³-hybridized carbons (Fsp3) is 0.692. The van der Waals surface area contributed by atoms with Crippen LogP contribution < -0.4 is 27.4 Å². The molecular formula is C78H132N12+6. The highest BCUT2D eigenvalue weighted by molar-refractivity contribution is 5.51. The van der Waals surface area contributed by atoms with Gasteiger partial charge in [0.15, 0.2) is 0 Å². The average Bonchev–Trinajstić information content (AvgIpc) is 0.912. The minimum absolute atomic E-state index is 0.807. The summed E-state index contributed by atoms with van der Waals surface area (Å²) >= 11 is 0. The lowest BCUT2D eigenvalue weighted by atomic mass is 9.85. The highest BCUT2D eigenvalue weighted by atomic mass is 15.2. The van der Waals surface area contributed by atoms with Crippen LogP contribution in [0.25, 0.3) is 0 Å². The molecule has 6 aromatic heterocycles. The molecule has 0 fully saturated rings. The van der Waals surface area contributed by atoms with E-state index in [4.69, 9.17) is 0 Å². The summed E-state index contributed by atoms with van der Waals surface area (Å²) in [6.07, 6.45) is 90.0. The van der Waals surface area contributed by atoms with Crippen LogP contribution in [0.2, 0.25) is 0 Å².